The molecule has 3 aromatic carbocycles. The molecule has 0 aliphatic carbocycles. The quantitative estimate of drug-likeness (QED) is 0.396. The van der Waals surface area contributed by atoms with Gasteiger partial charge < -0.3 is 0 Å². The fourth-order valence-corrected chi connectivity index (χ4v) is 4.92. The van der Waals surface area contributed by atoms with Crippen LogP contribution in [0.25, 0.3) is 11.3 Å². The Morgan fingerprint density at radius 2 is 1.66 bits per heavy atom. The lowest BCUT2D eigenvalue weighted by Gasteiger charge is -2.09. The van der Waals surface area contributed by atoms with Crippen molar-refractivity contribution in [3.8, 4) is 11.3 Å². The van der Waals surface area contributed by atoms with E-state index in [4.69, 9.17) is 0 Å². The Balaban J connectivity index is 1.45. The minimum absolute atomic E-state index is 0.172. The molecule has 4 aromatic rings. The van der Waals surface area contributed by atoms with Crippen molar-refractivity contribution in [1.82, 2.24) is 4.98 Å². The fourth-order valence-electron chi connectivity index (χ4n) is 3.14. The van der Waals surface area contributed by atoms with E-state index in [9.17, 15) is 13.2 Å². The number of carbonyl (C=O) groups excluding carboxylic acids is 1. The SMILES string of the molecule is Cc1ccc(C)c(-c2csc(NC(=O)c3ccc(NS(=O)(=O)c4ccccc4)cc3)n2)c1. The molecule has 0 atom stereocenters. The van der Waals surface area contributed by atoms with Gasteiger partial charge in [0.2, 0.25) is 0 Å². The molecule has 0 spiro atoms. The van der Waals surface area contributed by atoms with E-state index in [1.807, 2.05) is 19.2 Å². The number of benzene rings is 3. The molecule has 0 unspecified atom stereocenters. The lowest BCUT2D eigenvalue weighted by Crippen LogP contribution is -2.14. The lowest BCUT2D eigenvalue weighted by atomic mass is 10.0. The number of thiazole rings is 1. The number of hydrogen-bond donors (Lipinski definition) is 2. The number of sulfonamides is 1. The van der Waals surface area contributed by atoms with E-state index in [1.54, 1.807) is 42.5 Å². The highest BCUT2D eigenvalue weighted by atomic mass is 32.2. The molecular formula is C24H21N3O3S2. The third-order valence-corrected chi connectivity index (χ3v) is 7.00. The summed E-state index contributed by atoms with van der Waals surface area (Å²) in [6, 6.07) is 20.5. The second kappa shape index (κ2) is 8.94. The minimum atomic E-state index is -3.68. The van der Waals surface area contributed by atoms with Crippen molar-refractivity contribution in [2.45, 2.75) is 18.7 Å². The molecule has 0 saturated carbocycles. The Labute approximate surface area is 191 Å². The number of nitrogens with zero attached hydrogens (tertiary/aromatic N) is 1. The van der Waals surface area contributed by atoms with E-state index in [1.165, 1.54) is 23.5 Å². The number of carbonyl (C=O) groups is 1. The second-order valence-corrected chi connectivity index (χ2v) is 9.85. The molecule has 1 heterocycles. The number of aryl methyl sites for hydroxylation is 2. The summed E-state index contributed by atoms with van der Waals surface area (Å²) < 4.78 is 27.4. The van der Waals surface area contributed by atoms with Gasteiger partial charge in [-0.2, -0.15) is 0 Å². The van der Waals surface area contributed by atoms with Crippen molar-refractivity contribution in [2.75, 3.05) is 10.0 Å². The summed E-state index contributed by atoms with van der Waals surface area (Å²) >= 11 is 1.36. The maximum Gasteiger partial charge on any atom is 0.261 e. The first-order chi connectivity index (χ1) is 15.3. The summed E-state index contributed by atoms with van der Waals surface area (Å²) in [5.41, 5.74) is 4.89. The third-order valence-electron chi connectivity index (χ3n) is 4.85. The van der Waals surface area contributed by atoms with Gasteiger partial charge in [-0.3, -0.25) is 14.8 Å². The van der Waals surface area contributed by atoms with Crippen molar-refractivity contribution in [3.63, 3.8) is 0 Å². The van der Waals surface area contributed by atoms with Gasteiger partial charge in [0.05, 0.1) is 10.6 Å². The van der Waals surface area contributed by atoms with Gasteiger partial charge >= 0.3 is 0 Å². The highest BCUT2D eigenvalue weighted by molar-refractivity contribution is 7.92. The molecule has 32 heavy (non-hydrogen) atoms. The molecule has 0 saturated heterocycles. The highest BCUT2D eigenvalue weighted by Crippen LogP contribution is 2.28. The molecule has 162 valence electrons. The predicted molar refractivity (Wildman–Crippen MR) is 129 cm³/mol. The molecule has 6 nitrogen and oxygen atoms in total. The fraction of sp³-hybridized carbons (Fsp3) is 0.0833. The first-order valence-corrected chi connectivity index (χ1v) is 12.2. The molecular weight excluding hydrogens is 442 g/mol. The van der Waals surface area contributed by atoms with Crippen LogP contribution in [-0.2, 0) is 10.0 Å². The summed E-state index contributed by atoms with van der Waals surface area (Å²) in [5.74, 6) is -0.315. The molecule has 2 N–H and O–H groups in total. The number of aromatic nitrogens is 1. The summed E-state index contributed by atoms with van der Waals surface area (Å²) in [5, 5.41) is 5.22. The number of rotatable bonds is 6. The van der Waals surface area contributed by atoms with Gasteiger partial charge in [-0.05, 0) is 61.9 Å². The van der Waals surface area contributed by atoms with E-state index in [0.717, 1.165) is 22.4 Å². The summed E-state index contributed by atoms with van der Waals surface area (Å²) in [4.78, 5) is 17.3. The number of hydrogen-bond acceptors (Lipinski definition) is 5. The van der Waals surface area contributed by atoms with Crippen molar-refractivity contribution >= 4 is 38.1 Å². The van der Waals surface area contributed by atoms with Crippen molar-refractivity contribution in [3.05, 3.63) is 94.9 Å². The molecule has 8 heteroatoms. The highest BCUT2D eigenvalue weighted by Gasteiger charge is 2.15. The van der Waals surface area contributed by atoms with Crippen LogP contribution < -0.4 is 10.0 Å². The maximum absolute atomic E-state index is 12.6. The summed E-state index contributed by atoms with van der Waals surface area (Å²) in [6.45, 7) is 4.06. The van der Waals surface area contributed by atoms with Crippen LogP contribution in [0.15, 0.2) is 83.1 Å². The first kappa shape index (κ1) is 21.7. The van der Waals surface area contributed by atoms with Gasteiger partial charge in [0.1, 0.15) is 0 Å². The summed E-state index contributed by atoms with van der Waals surface area (Å²) in [6.07, 6.45) is 0. The van der Waals surface area contributed by atoms with E-state index in [2.05, 4.69) is 33.2 Å². The Hall–Kier alpha value is -3.49. The van der Waals surface area contributed by atoms with Crippen LogP contribution >= 0.6 is 11.3 Å². The molecule has 0 bridgehead atoms. The molecule has 1 aromatic heterocycles. The largest absolute Gasteiger partial charge is 0.298 e. The van der Waals surface area contributed by atoms with Gasteiger partial charge in [0.25, 0.3) is 15.9 Å². The zero-order chi connectivity index (χ0) is 22.7. The third kappa shape index (κ3) is 4.87. The van der Waals surface area contributed by atoms with E-state index in [0.29, 0.717) is 16.4 Å². The van der Waals surface area contributed by atoms with E-state index >= 15 is 0 Å². The molecule has 0 fully saturated rings. The van der Waals surface area contributed by atoms with E-state index < -0.39 is 10.0 Å². The van der Waals surface area contributed by atoms with E-state index in [-0.39, 0.29) is 10.8 Å². The van der Waals surface area contributed by atoms with Crippen LogP contribution in [0.5, 0.6) is 0 Å². The Morgan fingerprint density at radius 3 is 2.38 bits per heavy atom. The van der Waals surface area contributed by atoms with Crippen molar-refractivity contribution in [2.24, 2.45) is 0 Å². The average Bonchev–Trinajstić information content (AvgIpc) is 3.24. The zero-order valence-electron chi connectivity index (χ0n) is 17.5. The summed E-state index contributed by atoms with van der Waals surface area (Å²) in [7, 11) is -3.68. The van der Waals surface area contributed by atoms with Gasteiger partial charge in [-0.25, -0.2) is 13.4 Å². The molecule has 0 aliphatic heterocycles. The smallest absolute Gasteiger partial charge is 0.261 e. The van der Waals surface area contributed by atoms with Gasteiger partial charge in [-0.15, -0.1) is 11.3 Å². The van der Waals surface area contributed by atoms with Crippen molar-refractivity contribution in [1.29, 1.82) is 0 Å². The molecule has 1 amide bonds. The Kier molecular flexibility index (Phi) is 6.07. The molecule has 0 aliphatic rings. The standard InChI is InChI=1S/C24H21N3O3S2/c1-16-8-9-17(2)21(14-16)22-15-31-24(25-22)26-23(28)18-10-12-19(13-11-18)27-32(29,30)20-6-4-3-5-7-20/h3-15,27H,1-2H3,(H,25,26,28). The number of amides is 1. The average molecular weight is 464 g/mol. The van der Waals surface area contributed by atoms with Crippen LogP contribution in [0.2, 0.25) is 0 Å². The van der Waals surface area contributed by atoms with Crippen LogP contribution in [-0.4, -0.2) is 19.3 Å². The minimum Gasteiger partial charge on any atom is -0.298 e. The van der Waals surface area contributed by atoms with Crippen molar-refractivity contribution < 1.29 is 13.2 Å². The number of anilines is 2. The Morgan fingerprint density at radius 1 is 0.938 bits per heavy atom. The van der Waals surface area contributed by atoms with Gasteiger partial charge in [0, 0.05) is 22.2 Å². The van der Waals surface area contributed by atoms with Crippen LogP contribution in [0.3, 0.4) is 0 Å². The normalized spacial score (nSPS) is 11.2. The van der Waals surface area contributed by atoms with Crippen LogP contribution in [0, 0.1) is 13.8 Å². The van der Waals surface area contributed by atoms with Crippen LogP contribution in [0.1, 0.15) is 21.5 Å². The lowest BCUT2D eigenvalue weighted by molar-refractivity contribution is 0.102. The molecule has 4 rings (SSSR count). The van der Waals surface area contributed by atoms with Crippen LogP contribution in [0.4, 0.5) is 10.8 Å². The zero-order valence-corrected chi connectivity index (χ0v) is 19.1. The monoisotopic (exact) mass is 463 g/mol. The van der Waals surface area contributed by atoms with Gasteiger partial charge in [0.15, 0.2) is 5.13 Å². The number of nitrogens with one attached hydrogen (secondary N) is 2. The first-order valence-electron chi connectivity index (χ1n) is 9.84. The second-order valence-electron chi connectivity index (χ2n) is 7.31. The molecule has 0 radical (unpaired) electrons. The predicted octanol–water partition coefficient (Wildman–Crippen LogP) is 5.48. The van der Waals surface area contributed by atoms with Gasteiger partial charge in [-0.1, -0.05) is 35.9 Å². The Bertz CT molecular complexity index is 1360. The topological polar surface area (TPSA) is 88.2 Å². The maximum atomic E-state index is 12.6.